The third-order valence-corrected chi connectivity index (χ3v) is 4.23. The van der Waals surface area contributed by atoms with Crippen LogP contribution in [0.25, 0.3) is 0 Å². The third-order valence-electron chi connectivity index (χ3n) is 4.23. The van der Waals surface area contributed by atoms with Gasteiger partial charge in [0.1, 0.15) is 6.61 Å². The van der Waals surface area contributed by atoms with E-state index >= 15 is 0 Å². The van der Waals surface area contributed by atoms with Crippen LogP contribution >= 0.6 is 0 Å². The number of hydrogen-bond donors (Lipinski definition) is 1. The lowest BCUT2D eigenvalue weighted by molar-refractivity contribution is 0.0783. The Morgan fingerprint density at radius 2 is 2.24 bits per heavy atom. The Hall–Kier alpha value is -1.79. The van der Waals surface area contributed by atoms with E-state index in [-0.39, 0.29) is 12.5 Å². The number of carbonyl (C=O) groups is 1. The van der Waals surface area contributed by atoms with E-state index in [0.717, 1.165) is 36.2 Å². The molecule has 1 atom stereocenters. The smallest absolute Gasteiger partial charge is 0.254 e. The predicted octanol–water partition coefficient (Wildman–Crippen LogP) is 2.46. The maximum atomic E-state index is 12.7. The molecule has 1 N–H and O–H groups in total. The second-order valence-corrected chi connectivity index (χ2v) is 6.03. The Kier molecular flexibility index (Phi) is 5.03. The highest BCUT2D eigenvalue weighted by Gasteiger charge is 2.29. The van der Waals surface area contributed by atoms with Crippen LogP contribution in [0.15, 0.2) is 18.2 Å². The first kappa shape index (κ1) is 15.6. The van der Waals surface area contributed by atoms with Crippen LogP contribution in [0.2, 0.25) is 0 Å². The number of aryl methyl sites for hydroxylation is 1. The van der Waals surface area contributed by atoms with Gasteiger partial charge in [0.15, 0.2) is 0 Å². The van der Waals surface area contributed by atoms with Gasteiger partial charge in [0.2, 0.25) is 0 Å². The number of amides is 1. The van der Waals surface area contributed by atoms with Crippen molar-refractivity contribution in [2.75, 3.05) is 19.7 Å². The van der Waals surface area contributed by atoms with E-state index < -0.39 is 0 Å². The zero-order valence-corrected chi connectivity index (χ0v) is 13.0. The summed E-state index contributed by atoms with van der Waals surface area (Å²) in [6.45, 7) is 7.91. The number of rotatable bonds is 2. The lowest BCUT2D eigenvalue weighted by Crippen LogP contribution is -2.30. The summed E-state index contributed by atoms with van der Waals surface area (Å²) in [6.07, 6.45) is 1.09. The van der Waals surface area contributed by atoms with Gasteiger partial charge >= 0.3 is 0 Å². The molecule has 1 aromatic carbocycles. The molecule has 1 aromatic rings. The fourth-order valence-electron chi connectivity index (χ4n) is 2.76. The van der Waals surface area contributed by atoms with Crippen LogP contribution in [0, 0.1) is 30.6 Å². The van der Waals surface area contributed by atoms with Crippen LogP contribution < -0.4 is 0 Å². The highest BCUT2D eigenvalue weighted by molar-refractivity contribution is 5.96. The number of likely N-dealkylation sites (tertiary alicyclic amines) is 1. The molecule has 1 unspecified atom stereocenters. The zero-order valence-electron chi connectivity index (χ0n) is 13.0. The molecule has 0 bridgehead atoms. The molecule has 3 heteroatoms. The third kappa shape index (κ3) is 3.65. The van der Waals surface area contributed by atoms with Crippen molar-refractivity contribution in [2.24, 2.45) is 11.8 Å². The monoisotopic (exact) mass is 285 g/mol. The summed E-state index contributed by atoms with van der Waals surface area (Å²) in [7, 11) is 0. The van der Waals surface area contributed by atoms with Gasteiger partial charge in [-0.3, -0.25) is 4.79 Å². The van der Waals surface area contributed by atoms with Gasteiger partial charge in [-0.05, 0) is 42.9 Å². The molecular weight excluding hydrogens is 262 g/mol. The van der Waals surface area contributed by atoms with Crippen molar-refractivity contribution in [2.45, 2.75) is 27.2 Å². The van der Waals surface area contributed by atoms with Gasteiger partial charge in [-0.25, -0.2) is 0 Å². The molecule has 3 nitrogen and oxygen atoms in total. The topological polar surface area (TPSA) is 40.5 Å². The summed E-state index contributed by atoms with van der Waals surface area (Å²) in [6, 6.07) is 5.64. The van der Waals surface area contributed by atoms with Gasteiger partial charge in [-0.1, -0.05) is 31.8 Å². The van der Waals surface area contributed by atoms with E-state index in [2.05, 4.69) is 25.7 Å². The quantitative estimate of drug-likeness (QED) is 0.848. The van der Waals surface area contributed by atoms with Gasteiger partial charge in [0.25, 0.3) is 5.91 Å². The SMILES string of the molecule is Cc1ccc(C#CCO)cc1C(=O)N1CCC(C(C)C)C1. The first-order valence-corrected chi connectivity index (χ1v) is 7.52. The molecule has 0 spiro atoms. The Balaban J connectivity index is 2.19. The van der Waals surface area contributed by atoms with Crippen molar-refractivity contribution in [1.29, 1.82) is 0 Å². The number of benzene rings is 1. The summed E-state index contributed by atoms with van der Waals surface area (Å²) in [5.41, 5.74) is 2.48. The molecule has 1 aliphatic rings. The molecule has 1 amide bonds. The molecule has 1 saturated heterocycles. The number of nitrogens with zero attached hydrogens (tertiary/aromatic N) is 1. The van der Waals surface area contributed by atoms with Crippen LogP contribution in [0.3, 0.4) is 0 Å². The highest BCUT2D eigenvalue weighted by Crippen LogP contribution is 2.25. The summed E-state index contributed by atoms with van der Waals surface area (Å²) < 4.78 is 0. The minimum Gasteiger partial charge on any atom is -0.384 e. The Labute approximate surface area is 127 Å². The molecule has 1 heterocycles. The van der Waals surface area contributed by atoms with E-state index in [0.29, 0.717) is 11.8 Å². The maximum Gasteiger partial charge on any atom is 0.254 e. The molecule has 112 valence electrons. The maximum absolute atomic E-state index is 12.7. The number of aliphatic hydroxyl groups excluding tert-OH is 1. The van der Waals surface area contributed by atoms with E-state index in [9.17, 15) is 4.79 Å². The molecule has 0 aromatic heterocycles. The van der Waals surface area contributed by atoms with Crippen molar-refractivity contribution in [3.8, 4) is 11.8 Å². The second-order valence-electron chi connectivity index (χ2n) is 6.03. The average Bonchev–Trinajstić information content (AvgIpc) is 2.95. The predicted molar refractivity (Wildman–Crippen MR) is 84.0 cm³/mol. The molecule has 21 heavy (non-hydrogen) atoms. The zero-order chi connectivity index (χ0) is 15.4. The first-order valence-electron chi connectivity index (χ1n) is 7.52. The second kappa shape index (κ2) is 6.78. The van der Waals surface area contributed by atoms with Gasteiger partial charge < -0.3 is 10.0 Å². The number of aliphatic hydroxyl groups is 1. The summed E-state index contributed by atoms with van der Waals surface area (Å²) in [4.78, 5) is 14.6. The van der Waals surface area contributed by atoms with Crippen molar-refractivity contribution >= 4 is 5.91 Å². The van der Waals surface area contributed by atoms with Gasteiger partial charge in [-0.2, -0.15) is 0 Å². The minimum atomic E-state index is -0.167. The lowest BCUT2D eigenvalue weighted by atomic mass is 9.95. The van der Waals surface area contributed by atoms with Crippen molar-refractivity contribution in [3.63, 3.8) is 0 Å². The van der Waals surface area contributed by atoms with Crippen molar-refractivity contribution < 1.29 is 9.90 Å². The van der Waals surface area contributed by atoms with E-state index in [1.807, 2.05) is 30.0 Å². The van der Waals surface area contributed by atoms with Crippen LogP contribution in [0.4, 0.5) is 0 Å². The normalized spacial score (nSPS) is 17.8. The van der Waals surface area contributed by atoms with Gasteiger partial charge in [0, 0.05) is 24.2 Å². The summed E-state index contributed by atoms with van der Waals surface area (Å²) in [5.74, 6) is 6.81. The van der Waals surface area contributed by atoms with Crippen LogP contribution in [0.1, 0.15) is 41.8 Å². The standard InChI is InChI=1S/C18H23NO2/c1-13(2)16-8-9-19(12-16)18(21)17-11-15(5-4-10-20)7-6-14(17)3/h6-7,11,13,16,20H,8-10,12H2,1-3H3. The molecule has 1 aliphatic heterocycles. The van der Waals surface area contributed by atoms with Crippen LogP contribution in [-0.4, -0.2) is 35.6 Å². The molecule has 0 saturated carbocycles. The summed E-state index contributed by atoms with van der Waals surface area (Å²) >= 11 is 0. The Bertz CT molecular complexity index is 581. The molecule has 0 radical (unpaired) electrons. The Morgan fingerprint density at radius 1 is 1.48 bits per heavy atom. The lowest BCUT2D eigenvalue weighted by Gasteiger charge is -2.19. The van der Waals surface area contributed by atoms with Crippen LogP contribution in [0.5, 0.6) is 0 Å². The fraction of sp³-hybridized carbons (Fsp3) is 0.500. The van der Waals surface area contributed by atoms with Crippen molar-refractivity contribution in [1.82, 2.24) is 4.90 Å². The number of hydrogen-bond acceptors (Lipinski definition) is 2. The van der Waals surface area contributed by atoms with Gasteiger partial charge in [0.05, 0.1) is 0 Å². The fourth-order valence-corrected chi connectivity index (χ4v) is 2.76. The first-order chi connectivity index (χ1) is 10.0. The molecule has 0 aliphatic carbocycles. The minimum absolute atomic E-state index is 0.100. The molecule has 1 fully saturated rings. The summed E-state index contributed by atoms with van der Waals surface area (Å²) in [5, 5.41) is 8.77. The Morgan fingerprint density at radius 3 is 2.86 bits per heavy atom. The van der Waals surface area contributed by atoms with Crippen molar-refractivity contribution in [3.05, 3.63) is 34.9 Å². The van der Waals surface area contributed by atoms with Gasteiger partial charge in [-0.15, -0.1) is 0 Å². The highest BCUT2D eigenvalue weighted by atomic mass is 16.2. The van der Waals surface area contributed by atoms with E-state index in [4.69, 9.17) is 5.11 Å². The average molecular weight is 285 g/mol. The van der Waals surface area contributed by atoms with E-state index in [1.54, 1.807) is 0 Å². The molecular formula is C18H23NO2. The number of carbonyl (C=O) groups excluding carboxylic acids is 1. The molecule has 2 rings (SSSR count). The largest absolute Gasteiger partial charge is 0.384 e. The van der Waals surface area contributed by atoms with Crippen LogP contribution in [-0.2, 0) is 0 Å². The van der Waals surface area contributed by atoms with E-state index in [1.165, 1.54) is 0 Å².